The van der Waals surface area contributed by atoms with Crippen LogP contribution in [-0.2, 0) is 7.05 Å². The molecule has 1 heterocycles. The molecular weight excluding hydrogens is 252 g/mol. The van der Waals surface area contributed by atoms with Crippen molar-refractivity contribution in [2.24, 2.45) is 12.0 Å². The van der Waals surface area contributed by atoms with Gasteiger partial charge in [-0.1, -0.05) is 0 Å². The van der Waals surface area contributed by atoms with E-state index >= 15 is 0 Å². The molecule has 0 aliphatic carbocycles. The van der Waals surface area contributed by atoms with Gasteiger partial charge in [0.25, 0.3) is 5.91 Å². The molecule has 0 radical (unpaired) electrons. The van der Waals surface area contributed by atoms with E-state index in [2.05, 4.69) is 4.99 Å². The van der Waals surface area contributed by atoms with Crippen molar-refractivity contribution in [3.05, 3.63) is 40.1 Å². The van der Waals surface area contributed by atoms with Crippen molar-refractivity contribution in [2.75, 3.05) is 7.11 Å². The van der Waals surface area contributed by atoms with Crippen LogP contribution >= 0.6 is 11.3 Å². The van der Waals surface area contributed by atoms with Gasteiger partial charge >= 0.3 is 0 Å². The van der Waals surface area contributed by atoms with Gasteiger partial charge in [0.1, 0.15) is 11.5 Å². The smallest absolute Gasteiger partial charge is 0.283 e. The summed E-state index contributed by atoms with van der Waals surface area (Å²) in [6, 6.07) is 4.49. The number of ether oxygens (including phenoxy) is 1. The molecule has 1 amide bonds. The maximum atomic E-state index is 11.9. The summed E-state index contributed by atoms with van der Waals surface area (Å²) >= 11 is 1.36. The van der Waals surface area contributed by atoms with E-state index < -0.39 is 5.91 Å². The molecular formula is C12H12N2O3S. The lowest BCUT2D eigenvalue weighted by molar-refractivity contribution is 0.0995. The number of carbonyl (C=O) groups excluding carboxylic acids is 1. The van der Waals surface area contributed by atoms with E-state index in [4.69, 9.17) is 4.74 Å². The van der Waals surface area contributed by atoms with Crippen LogP contribution < -0.4 is 9.54 Å². The summed E-state index contributed by atoms with van der Waals surface area (Å²) in [5.74, 6) is -0.124. The Morgan fingerprint density at radius 3 is 2.83 bits per heavy atom. The summed E-state index contributed by atoms with van der Waals surface area (Å²) in [6.07, 6.45) is 1.81. The van der Waals surface area contributed by atoms with Gasteiger partial charge in [-0.2, -0.15) is 4.99 Å². The number of nitrogens with zero attached hydrogens (tertiary/aromatic N) is 2. The van der Waals surface area contributed by atoms with E-state index in [1.807, 2.05) is 11.6 Å². The van der Waals surface area contributed by atoms with Crippen LogP contribution in [0.4, 0.5) is 0 Å². The molecule has 2 aromatic rings. The summed E-state index contributed by atoms with van der Waals surface area (Å²) in [5, 5.41) is 11.6. The first-order valence-corrected chi connectivity index (χ1v) is 6.06. The van der Waals surface area contributed by atoms with E-state index in [0.717, 1.165) is 0 Å². The van der Waals surface area contributed by atoms with Gasteiger partial charge in [0.05, 0.1) is 12.7 Å². The van der Waals surface area contributed by atoms with Gasteiger partial charge in [-0.15, -0.1) is 11.3 Å². The van der Waals surface area contributed by atoms with Crippen molar-refractivity contribution >= 4 is 17.2 Å². The Labute approximate surface area is 108 Å². The Hall–Kier alpha value is -2.08. The summed E-state index contributed by atoms with van der Waals surface area (Å²) in [5.41, 5.74) is 0.157. The number of aryl methyl sites for hydroxylation is 1. The van der Waals surface area contributed by atoms with Crippen LogP contribution in [0.5, 0.6) is 11.5 Å². The predicted molar refractivity (Wildman–Crippen MR) is 67.8 cm³/mol. The SMILES string of the molecule is COc1ccc(C(=O)N=c2sccn2C)c(O)c1. The fourth-order valence-electron chi connectivity index (χ4n) is 1.40. The highest BCUT2D eigenvalue weighted by Gasteiger charge is 2.11. The molecule has 18 heavy (non-hydrogen) atoms. The molecule has 1 aromatic heterocycles. The molecule has 5 nitrogen and oxygen atoms in total. The minimum absolute atomic E-state index is 0.137. The maximum absolute atomic E-state index is 11.9. The van der Waals surface area contributed by atoms with Crippen LogP contribution in [0.3, 0.4) is 0 Å². The Bertz CT molecular complexity index is 643. The molecule has 0 saturated heterocycles. The number of methoxy groups -OCH3 is 1. The van der Waals surface area contributed by atoms with E-state index in [9.17, 15) is 9.90 Å². The van der Waals surface area contributed by atoms with E-state index in [0.29, 0.717) is 10.6 Å². The zero-order valence-corrected chi connectivity index (χ0v) is 10.8. The van der Waals surface area contributed by atoms with Crippen LogP contribution in [-0.4, -0.2) is 22.7 Å². The summed E-state index contributed by atoms with van der Waals surface area (Å²) in [4.78, 5) is 16.4. The van der Waals surface area contributed by atoms with Gasteiger partial charge in [0, 0.05) is 24.7 Å². The monoisotopic (exact) mass is 264 g/mol. The highest BCUT2D eigenvalue weighted by molar-refractivity contribution is 7.07. The number of phenols is 1. The lowest BCUT2D eigenvalue weighted by Crippen LogP contribution is -2.12. The second-order valence-electron chi connectivity index (χ2n) is 3.60. The first kappa shape index (κ1) is 12.4. The lowest BCUT2D eigenvalue weighted by atomic mass is 10.2. The number of carbonyl (C=O) groups is 1. The highest BCUT2D eigenvalue weighted by atomic mass is 32.1. The number of aromatic nitrogens is 1. The number of rotatable bonds is 2. The third-order valence-electron chi connectivity index (χ3n) is 2.39. The van der Waals surface area contributed by atoms with E-state index in [1.54, 1.807) is 17.7 Å². The van der Waals surface area contributed by atoms with Crippen LogP contribution in [0.1, 0.15) is 10.4 Å². The number of amides is 1. The van der Waals surface area contributed by atoms with Crippen molar-refractivity contribution in [3.63, 3.8) is 0 Å². The number of thiazole rings is 1. The second kappa shape index (κ2) is 5.05. The van der Waals surface area contributed by atoms with E-state index in [-0.39, 0.29) is 11.3 Å². The molecule has 0 bridgehead atoms. The van der Waals surface area contributed by atoms with Crippen LogP contribution in [0.2, 0.25) is 0 Å². The number of hydrogen-bond acceptors (Lipinski definition) is 4. The maximum Gasteiger partial charge on any atom is 0.283 e. The molecule has 1 N–H and O–H groups in total. The van der Waals surface area contributed by atoms with Gasteiger partial charge in [-0.05, 0) is 12.1 Å². The fraction of sp³-hybridized carbons (Fsp3) is 0.167. The Kier molecular flexibility index (Phi) is 3.47. The predicted octanol–water partition coefficient (Wildman–Crippen LogP) is 1.54. The summed E-state index contributed by atoms with van der Waals surface area (Å²) in [7, 11) is 3.29. The number of benzene rings is 1. The minimum atomic E-state index is -0.479. The molecule has 1 aromatic carbocycles. The molecule has 0 spiro atoms. The normalized spacial score (nSPS) is 11.6. The zero-order valence-electron chi connectivity index (χ0n) is 9.95. The van der Waals surface area contributed by atoms with Crippen LogP contribution in [0, 0.1) is 0 Å². The van der Waals surface area contributed by atoms with Crippen molar-refractivity contribution in [3.8, 4) is 11.5 Å². The van der Waals surface area contributed by atoms with Crippen LogP contribution in [0.25, 0.3) is 0 Å². The largest absolute Gasteiger partial charge is 0.507 e. The van der Waals surface area contributed by atoms with Crippen molar-refractivity contribution in [1.82, 2.24) is 4.57 Å². The molecule has 0 atom stereocenters. The van der Waals surface area contributed by atoms with Crippen molar-refractivity contribution < 1.29 is 14.6 Å². The molecule has 0 aliphatic rings. The number of hydrogen-bond donors (Lipinski definition) is 1. The third-order valence-corrected chi connectivity index (χ3v) is 3.24. The van der Waals surface area contributed by atoms with Gasteiger partial charge in [-0.3, -0.25) is 4.79 Å². The first-order valence-electron chi connectivity index (χ1n) is 5.18. The summed E-state index contributed by atoms with van der Waals surface area (Å²) < 4.78 is 6.69. The molecule has 0 unspecified atom stereocenters. The van der Waals surface area contributed by atoms with Crippen molar-refractivity contribution in [1.29, 1.82) is 0 Å². The average Bonchev–Trinajstić information content (AvgIpc) is 2.74. The molecule has 6 heteroatoms. The third kappa shape index (κ3) is 2.43. The van der Waals surface area contributed by atoms with Crippen molar-refractivity contribution in [2.45, 2.75) is 0 Å². The molecule has 0 saturated carbocycles. The zero-order chi connectivity index (χ0) is 13.1. The summed E-state index contributed by atoms with van der Waals surface area (Å²) in [6.45, 7) is 0. The topological polar surface area (TPSA) is 63.8 Å². The molecule has 0 aliphatic heterocycles. The Morgan fingerprint density at radius 1 is 1.50 bits per heavy atom. The Morgan fingerprint density at radius 2 is 2.28 bits per heavy atom. The lowest BCUT2D eigenvalue weighted by Gasteiger charge is -2.03. The molecule has 94 valence electrons. The van der Waals surface area contributed by atoms with Crippen LogP contribution in [0.15, 0.2) is 34.8 Å². The average molecular weight is 264 g/mol. The number of phenolic OH excluding ortho intramolecular Hbond substituents is 1. The van der Waals surface area contributed by atoms with Gasteiger partial charge in [0.15, 0.2) is 4.80 Å². The van der Waals surface area contributed by atoms with Gasteiger partial charge in [0.2, 0.25) is 0 Å². The quantitative estimate of drug-likeness (QED) is 0.895. The first-order chi connectivity index (χ1) is 8.61. The second-order valence-corrected chi connectivity index (χ2v) is 4.47. The number of aromatic hydroxyl groups is 1. The standard InChI is InChI=1S/C12H12N2O3S/c1-14-5-6-18-12(14)13-11(16)9-4-3-8(17-2)7-10(9)15/h3-7,15H,1-2H3. The minimum Gasteiger partial charge on any atom is -0.507 e. The fourth-order valence-corrected chi connectivity index (χ4v) is 2.13. The van der Waals surface area contributed by atoms with E-state index in [1.165, 1.54) is 30.6 Å². The Balaban J connectivity index is 2.39. The van der Waals surface area contributed by atoms with Gasteiger partial charge in [-0.25, -0.2) is 0 Å². The molecule has 2 rings (SSSR count). The van der Waals surface area contributed by atoms with Gasteiger partial charge < -0.3 is 14.4 Å². The molecule has 0 fully saturated rings. The highest BCUT2D eigenvalue weighted by Crippen LogP contribution is 2.23.